The van der Waals surface area contributed by atoms with Crippen LogP contribution in [-0.4, -0.2) is 0 Å². The summed E-state index contributed by atoms with van der Waals surface area (Å²) >= 11 is 1.93. The van der Waals surface area contributed by atoms with Crippen LogP contribution < -0.4 is 0 Å². The van der Waals surface area contributed by atoms with Crippen molar-refractivity contribution in [2.75, 3.05) is 0 Å². The second-order valence-corrected chi connectivity index (χ2v) is 28.5. The van der Waals surface area contributed by atoms with E-state index in [9.17, 15) is 0 Å². The minimum Gasteiger partial charge on any atom is -0.455 e. The van der Waals surface area contributed by atoms with Gasteiger partial charge in [-0.1, -0.05) is 283 Å². The number of para-hydroxylation sites is 2. The van der Waals surface area contributed by atoms with Gasteiger partial charge in [-0.15, -0.1) is 11.3 Å². The van der Waals surface area contributed by atoms with Crippen molar-refractivity contribution in [3.05, 3.63) is 253 Å². The monoisotopic (exact) mass is 1110 g/mol. The number of rotatable bonds is 8. The zero-order chi connectivity index (χ0) is 58.5. The van der Waals surface area contributed by atoms with Crippen molar-refractivity contribution < 1.29 is 4.42 Å². The third kappa shape index (κ3) is 10.3. The lowest BCUT2D eigenvalue weighted by molar-refractivity contribution is 0.568. The third-order valence-corrected chi connectivity index (χ3v) is 18.6. The molecular formula is C82H74OS. The van der Waals surface area contributed by atoms with Gasteiger partial charge in [0, 0.05) is 42.1 Å². The molecule has 2 heterocycles. The molecule has 0 aliphatic rings. The first-order valence-electron chi connectivity index (χ1n) is 29.9. The number of fused-ring (bicyclic) bond motifs is 6. The summed E-state index contributed by atoms with van der Waals surface area (Å²) in [6.07, 6.45) is 0. The summed E-state index contributed by atoms with van der Waals surface area (Å²) in [6.45, 7) is 27.7. The van der Waals surface area contributed by atoms with Gasteiger partial charge in [0.2, 0.25) is 0 Å². The molecule has 13 rings (SSSR count). The molecule has 0 fully saturated rings. The number of benzene rings is 11. The first-order valence-corrected chi connectivity index (χ1v) is 30.7. The van der Waals surface area contributed by atoms with Crippen molar-refractivity contribution in [1.29, 1.82) is 0 Å². The van der Waals surface area contributed by atoms with Crippen LogP contribution in [0.5, 0.6) is 0 Å². The molecule has 1 nitrogen and oxygen atoms in total. The van der Waals surface area contributed by atoms with Crippen LogP contribution in [0.2, 0.25) is 0 Å². The molecule has 2 aromatic heterocycles. The summed E-state index contributed by atoms with van der Waals surface area (Å²) < 4.78 is 9.72. The van der Waals surface area contributed by atoms with Gasteiger partial charge in [-0.25, -0.2) is 0 Å². The topological polar surface area (TPSA) is 13.1 Å². The molecule has 2 heteroatoms. The fraction of sp³-hybridized carbons (Fsp3) is 0.195. The van der Waals surface area contributed by atoms with Crippen molar-refractivity contribution in [3.8, 4) is 89.0 Å². The number of furan rings is 1. The van der Waals surface area contributed by atoms with Gasteiger partial charge in [-0.05, 0) is 152 Å². The highest BCUT2D eigenvalue weighted by Gasteiger charge is 2.25. The van der Waals surface area contributed by atoms with Crippen LogP contribution in [-0.2, 0) is 21.7 Å². The Kier molecular flexibility index (Phi) is 13.4. The Morgan fingerprint density at radius 2 is 0.464 bits per heavy atom. The maximum Gasteiger partial charge on any atom is 0.143 e. The second kappa shape index (κ2) is 20.6. The molecule has 0 aliphatic heterocycles. The lowest BCUT2D eigenvalue weighted by Gasteiger charge is -2.26. The molecule has 0 radical (unpaired) electrons. The van der Waals surface area contributed by atoms with Crippen LogP contribution in [0.25, 0.3) is 131 Å². The molecule has 84 heavy (non-hydrogen) atoms. The van der Waals surface area contributed by atoms with Gasteiger partial charge in [0.05, 0.1) is 0 Å². The molecule has 0 unspecified atom stereocenters. The fourth-order valence-corrected chi connectivity index (χ4v) is 13.6. The minimum atomic E-state index is 0.00600. The van der Waals surface area contributed by atoms with Crippen LogP contribution >= 0.6 is 11.3 Å². The molecule has 0 N–H and O–H groups in total. The first-order chi connectivity index (χ1) is 40.1. The van der Waals surface area contributed by atoms with E-state index < -0.39 is 0 Å². The second-order valence-electron chi connectivity index (χ2n) is 27.4. The molecule has 0 saturated heterocycles. The standard InChI is InChI=1S/C82H74OS/c1-79(2,3)63-45-61(46-64(49-63)80(4,5)6)68-33-19-37-72-71-36-18-32-67(75(71)83-76(68)72)59-30-16-28-57(43-59)55-26-14-24-53(41-55)51-22-13-23-52(40-51)54-25-15-27-56(42-54)58-29-17-31-60(44-58)69-34-20-38-73-74-39-21-35-70(78(74)84-77(69)73)62-47-65(81(7,8)9)50-66(48-62)82(10,11)12/h13-50H,1-12H3. The lowest BCUT2D eigenvalue weighted by atomic mass is 9.79. The van der Waals surface area contributed by atoms with Crippen LogP contribution in [0.1, 0.15) is 105 Å². The van der Waals surface area contributed by atoms with Crippen molar-refractivity contribution >= 4 is 53.4 Å². The maximum absolute atomic E-state index is 7.06. The highest BCUT2D eigenvalue weighted by molar-refractivity contribution is 7.26. The average Bonchev–Trinajstić information content (AvgIpc) is 3.20. The zero-order valence-corrected chi connectivity index (χ0v) is 51.6. The highest BCUT2D eigenvalue weighted by Crippen LogP contribution is 2.47. The van der Waals surface area contributed by atoms with E-state index >= 15 is 0 Å². The highest BCUT2D eigenvalue weighted by atomic mass is 32.1. The molecule has 0 saturated carbocycles. The van der Waals surface area contributed by atoms with E-state index in [0.717, 1.165) is 44.2 Å². The summed E-state index contributed by atoms with van der Waals surface area (Å²) in [6, 6.07) is 86.3. The minimum absolute atomic E-state index is 0.00600. The summed E-state index contributed by atoms with van der Waals surface area (Å²) in [7, 11) is 0. The molecule has 13 aromatic rings. The van der Waals surface area contributed by atoms with Crippen LogP contribution in [0.4, 0.5) is 0 Å². The summed E-state index contributed by atoms with van der Waals surface area (Å²) in [5.41, 5.74) is 26.4. The van der Waals surface area contributed by atoms with Crippen LogP contribution in [0.15, 0.2) is 235 Å². The molecular weight excluding hydrogens is 1030 g/mol. The van der Waals surface area contributed by atoms with Gasteiger partial charge in [0.25, 0.3) is 0 Å². The summed E-state index contributed by atoms with van der Waals surface area (Å²) in [5, 5.41) is 4.88. The van der Waals surface area contributed by atoms with Gasteiger partial charge in [0.1, 0.15) is 11.2 Å². The van der Waals surface area contributed by atoms with Gasteiger partial charge < -0.3 is 4.42 Å². The molecule has 11 aromatic carbocycles. The number of hydrogen-bond acceptors (Lipinski definition) is 2. The predicted molar refractivity (Wildman–Crippen MR) is 365 cm³/mol. The Morgan fingerprint density at radius 1 is 0.226 bits per heavy atom. The quantitative estimate of drug-likeness (QED) is 0.148. The third-order valence-electron chi connectivity index (χ3n) is 17.3. The van der Waals surface area contributed by atoms with Crippen molar-refractivity contribution in [2.24, 2.45) is 0 Å². The Balaban J connectivity index is 0.796. The summed E-state index contributed by atoms with van der Waals surface area (Å²) in [5.74, 6) is 0. The van der Waals surface area contributed by atoms with Crippen LogP contribution in [0.3, 0.4) is 0 Å². The summed E-state index contributed by atoms with van der Waals surface area (Å²) in [4.78, 5) is 0. The van der Waals surface area contributed by atoms with E-state index in [4.69, 9.17) is 4.42 Å². The zero-order valence-electron chi connectivity index (χ0n) is 50.8. The van der Waals surface area contributed by atoms with Gasteiger partial charge in [-0.2, -0.15) is 0 Å². The van der Waals surface area contributed by atoms with Gasteiger partial charge in [-0.3, -0.25) is 0 Å². The normalized spacial score (nSPS) is 12.5. The van der Waals surface area contributed by atoms with E-state index in [2.05, 4.69) is 314 Å². The molecule has 414 valence electrons. The predicted octanol–water partition coefficient (Wildman–Crippen LogP) is 24.5. The van der Waals surface area contributed by atoms with Crippen molar-refractivity contribution in [3.63, 3.8) is 0 Å². The SMILES string of the molecule is CC(C)(C)c1cc(-c2cccc3c2oc2c(-c4cccc(-c5cccc(-c6cccc(-c7cccc(-c8cccc(-c9cccc%10c9sc9c(-c%11cc(C(C)(C)C)cc(C(C)(C)C)c%11)cccc9%10)c8)c7)c6)c5)c4)cccc23)cc(C(C)(C)C)c1. The fourth-order valence-electron chi connectivity index (χ4n) is 12.2. The van der Waals surface area contributed by atoms with Crippen molar-refractivity contribution in [1.82, 2.24) is 0 Å². The Labute approximate surface area is 501 Å². The van der Waals surface area contributed by atoms with E-state index in [1.54, 1.807) is 0 Å². The van der Waals surface area contributed by atoms with E-state index in [1.165, 1.54) is 109 Å². The van der Waals surface area contributed by atoms with Gasteiger partial charge >= 0.3 is 0 Å². The van der Waals surface area contributed by atoms with Crippen molar-refractivity contribution in [2.45, 2.75) is 105 Å². The number of thiophene rings is 1. The average molecular weight is 1110 g/mol. The van der Waals surface area contributed by atoms with Crippen LogP contribution in [0, 0.1) is 0 Å². The van der Waals surface area contributed by atoms with E-state index in [1.807, 2.05) is 11.3 Å². The smallest absolute Gasteiger partial charge is 0.143 e. The van der Waals surface area contributed by atoms with E-state index in [0.29, 0.717) is 0 Å². The number of hydrogen-bond donors (Lipinski definition) is 0. The Bertz CT molecular complexity index is 4340. The van der Waals surface area contributed by atoms with E-state index in [-0.39, 0.29) is 21.7 Å². The lowest BCUT2D eigenvalue weighted by Crippen LogP contribution is -2.16. The maximum atomic E-state index is 7.06. The largest absolute Gasteiger partial charge is 0.455 e. The molecule has 0 amide bonds. The Morgan fingerprint density at radius 3 is 0.798 bits per heavy atom. The molecule has 0 atom stereocenters. The van der Waals surface area contributed by atoms with Gasteiger partial charge in [0.15, 0.2) is 0 Å². The first kappa shape index (κ1) is 54.7. The Hall–Kier alpha value is -8.56. The molecule has 0 bridgehead atoms. The molecule has 0 spiro atoms. The molecule has 0 aliphatic carbocycles.